The van der Waals surface area contributed by atoms with E-state index in [0.29, 0.717) is 23.6 Å². The Morgan fingerprint density at radius 3 is 2.78 bits per heavy atom. The van der Waals surface area contributed by atoms with Gasteiger partial charge in [-0.15, -0.1) is 0 Å². The number of carbonyl (C=O) groups is 1. The van der Waals surface area contributed by atoms with Gasteiger partial charge < -0.3 is 18.9 Å². The standard InChI is InChI=1S/C26H29N3O3/c1-26(2)16-32-23-13-19(25(30)31-4)12-21(24(23)28(26)3)27-14-20-11-18-7-5-6-8-22(18)29(20)15-17-9-10-17/h5-8,11-14,17H,9-10,15-16H2,1-4H3. The molecule has 1 aliphatic carbocycles. The first-order valence-electron chi connectivity index (χ1n) is 11.1. The fourth-order valence-electron chi connectivity index (χ4n) is 4.26. The molecule has 0 spiro atoms. The van der Waals surface area contributed by atoms with Crippen molar-refractivity contribution in [3.8, 4) is 5.75 Å². The first-order valence-corrected chi connectivity index (χ1v) is 11.1. The minimum absolute atomic E-state index is 0.190. The van der Waals surface area contributed by atoms with Gasteiger partial charge >= 0.3 is 5.97 Å². The third-order valence-corrected chi connectivity index (χ3v) is 6.62. The number of para-hydroxylation sites is 1. The summed E-state index contributed by atoms with van der Waals surface area (Å²) >= 11 is 0. The number of aliphatic imine (C=N–C) groups is 1. The third-order valence-electron chi connectivity index (χ3n) is 6.62. The van der Waals surface area contributed by atoms with Crippen LogP contribution in [0.25, 0.3) is 10.9 Å². The maximum atomic E-state index is 12.3. The first kappa shape index (κ1) is 20.6. The molecular formula is C26H29N3O3. The van der Waals surface area contributed by atoms with Crippen LogP contribution in [0.2, 0.25) is 0 Å². The van der Waals surface area contributed by atoms with Gasteiger partial charge in [0.1, 0.15) is 18.0 Å². The van der Waals surface area contributed by atoms with Crippen molar-refractivity contribution in [2.24, 2.45) is 10.9 Å². The Hall–Kier alpha value is -3.28. The molecule has 3 aromatic rings. The average Bonchev–Trinajstić information content (AvgIpc) is 3.54. The molecule has 2 heterocycles. The second-order valence-corrected chi connectivity index (χ2v) is 9.43. The quantitative estimate of drug-likeness (QED) is 0.412. The predicted molar refractivity (Wildman–Crippen MR) is 128 cm³/mol. The minimum Gasteiger partial charge on any atom is -0.489 e. The van der Waals surface area contributed by atoms with E-state index in [1.54, 1.807) is 12.1 Å². The number of anilines is 1. The van der Waals surface area contributed by atoms with Crippen molar-refractivity contribution in [1.82, 2.24) is 4.57 Å². The van der Waals surface area contributed by atoms with Crippen LogP contribution >= 0.6 is 0 Å². The molecule has 0 unspecified atom stereocenters. The maximum absolute atomic E-state index is 12.3. The Labute approximate surface area is 188 Å². The Balaban J connectivity index is 1.61. The van der Waals surface area contributed by atoms with E-state index in [4.69, 9.17) is 14.5 Å². The number of carbonyl (C=O) groups excluding carboxylic acids is 1. The van der Waals surface area contributed by atoms with Crippen LogP contribution in [0.3, 0.4) is 0 Å². The topological polar surface area (TPSA) is 56.1 Å². The molecule has 5 rings (SSSR count). The summed E-state index contributed by atoms with van der Waals surface area (Å²) in [5.41, 5.74) is 4.12. The second-order valence-electron chi connectivity index (χ2n) is 9.43. The molecule has 1 saturated carbocycles. The summed E-state index contributed by atoms with van der Waals surface area (Å²) in [6.45, 7) is 5.79. The highest BCUT2D eigenvalue weighted by molar-refractivity contribution is 5.96. The second kappa shape index (κ2) is 7.69. The zero-order chi connectivity index (χ0) is 22.5. The molecule has 1 aromatic heterocycles. The van der Waals surface area contributed by atoms with E-state index in [2.05, 4.69) is 53.6 Å². The third kappa shape index (κ3) is 3.64. The van der Waals surface area contributed by atoms with Crippen LogP contribution in [0.5, 0.6) is 5.75 Å². The summed E-state index contributed by atoms with van der Waals surface area (Å²) in [4.78, 5) is 19.4. The number of methoxy groups -OCH3 is 1. The lowest BCUT2D eigenvalue weighted by molar-refractivity contribution is 0.0600. The fraction of sp³-hybridized carbons (Fsp3) is 0.385. The molecule has 0 saturated heterocycles. The Kier molecular flexibility index (Phi) is 4.96. The van der Waals surface area contributed by atoms with Gasteiger partial charge in [-0.2, -0.15) is 0 Å². The molecule has 0 radical (unpaired) electrons. The van der Waals surface area contributed by atoms with Gasteiger partial charge in [0.05, 0.1) is 35.8 Å². The first-order chi connectivity index (χ1) is 15.4. The molecule has 1 aliphatic heterocycles. The summed E-state index contributed by atoms with van der Waals surface area (Å²) in [7, 11) is 3.43. The molecule has 6 heteroatoms. The van der Waals surface area contributed by atoms with Crippen molar-refractivity contribution < 1.29 is 14.3 Å². The number of benzene rings is 2. The van der Waals surface area contributed by atoms with Gasteiger partial charge in [-0.3, -0.25) is 4.99 Å². The zero-order valence-electron chi connectivity index (χ0n) is 19.1. The number of likely N-dealkylation sites (N-methyl/N-ethyl adjacent to an activating group) is 1. The van der Waals surface area contributed by atoms with Gasteiger partial charge in [-0.1, -0.05) is 18.2 Å². The highest BCUT2D eigenvalue weighted by atomic mass is 16.5. The number of fused-ring (bicyclic) bond motifs is 2. The van der Waals surface area contributed by atoms with Gasteiger partial charge in [0, 0.05) is 24.5 Å². The minimum atomic E-state index is -0.400. The lowest BCUT2D eigenvalue weighted by Gasteiger charge is -2.42. The molecule has 32 heavy (non-hydrogen) atoms. The smallest absolute Gasteiger partial charge is 0.338 e. The maximum Gasteiger partial charge on any atom is 0.338 e. The summed E-state index contributed by atoms with van der Waals surface area (Å²) in [6, 6.07) is 14.2. The van der Waals surface area contributed by atoms with Crippen molar-refractivity contribution in [1.29, 1.82) is 0 Å². The van der Waals surface area contributed by atoms with E-state index < -0.39 is 5.97 Å². The van der Waals surface area contributed by atoms with Gasteiger partial charge in [-0.05, 0) is 56.9 Å². The van der Waals surface area contributed by atoms with Crippen LogP contribution in [0.4, 0.5) is 11.4 Å². The van der Waals surface area contributed by atoms with Crippen LogP contribution < -0.4 is 9.64 Å². The lowest BCUT2D eigenvalue weighted by Crippen LogP contribution is -2.49. The molecule has 0 bridgehead atoms. The van der Waals surface area contributed by atoms with E-state index in [1.165, 1.54) is 30.9 Å². The van der Waals surface area contributed by atoms with E-state index >= 15 is 0 Å². The molecule has 166 valence electrons. The highest BCUT2D eigenvalue weighted by Crippen LogP contribution is 2.45. The normalized spacial score (nSPS) is 17.4. The molecule has 2 aliphatic rings. The summed E-state index contributed by atoms with van der Waals surface area (Å²) in [6.07, 6.45) is 4.48. The Bertz CT molecular complexity index is 1220. The summed E-state index contributed by atoms with van der Waals surface area (Å²) < 4.78 is 13.4. The summed E-state index contributed by atoms with van der Waals surface area (Å²) in [5, 5.41) is 1.21. The van der Waals surface area contributed by atoms with Crippen molar-refractivity contribution in [3.05, 3.63) is 53.7 Å². The lowest BCUT2D eigenvalue weighted by atomic mass is 9.99. The monoisotopic (exact) mass is 431 g/mol. The van der Waals surface area contributed by atoms with Gasteiger partial charge in [0.25, 0.3) is 0 Å². The largest absolute Gasteiger partial charge is 0.489 e. The van der Waals surface area contributed by atoms with Gasteiger partial charge in [0.15, 0.2) is 0 Å². The number of hydrogen-bond acceptors (Lipinski definition) is 5. The molecule has 0 amide bonds. The fourth-order valence-corrected chi connectivity index (χ4v) is 4.26. The Morgan fingerprint density at radius 2 is 2.03 bits per heavy atom. The SMILES string of the molecule is COC(=O)c1cc(N=Cc2cc3ccccc3n2CC2CC2)c2c(c1)OCC(C)(C)N2C. The van der Waals surface area contributed by atoms with Crippen molar-refractivity contribution >= 4 is 34.5 Å². The van der Waals surface area contributed by atoms with E-state index in [9.17, 15) is 4.79 Å². The van der Waals surface area contributed by atoms with Gasteiger partial charge in [0.2, 0.25) is 0 Å². The van der Waals surface area contributed by atoms with Crippen LogP contribution in [0.1, 0.15) is 42.7 Å². The highest BCUT2D eigenvalue weighted by Gasteiger charge is 2.34. The molecular weight excluding hydrogens is 402 g/mol. The molecule has 0 N–H and O–H groups in total. The number of rotatable bonds is 5. The number of aromatic nitrogens is 1. The van der Waals surface area contributed by atoms with Crippen LogP contribution in [0.15, 0.2) is 47.5 Å². The van der Waals surface area contributed by atoms with Crippen LogP contribution in [-0.2, 0) is 11.3 Å². The van der Waals surface area contributed by atoms with Crippen molar-refractivity contribution in [3.63, 3.8) is 0 Å². The van der Waals surface area contributed by atoms with Crippen molar-refractivity contribution in [2.75, 3.05) is 25.7 Å². The Morgan fingerprint density at radius 1 is 1.25 bits per heavy atom. The molecule has 6 nitrogen and oxygen atoms in total. The number of hydrogen-bond donors (Lipinski definition) is 0. The predicted octanol–water partition coefficient (Wildman–Crippen LogP) is 5.20. The zero-order valence-corrected chi connectivity index (χ0v) is 19.1. The molecule has 2 aromatic carbocycles. The van der Waals surface area contributed by atoms with Gasteiger partial charge in [-0.25, -0.2) is 4.79 Å². The molecule has 1 fully saturated rings. The number of nitrogens with zero attached hydrogens (tertiary/aromatic N) is 3. The van der Waals surface area contributed by atoms with Crippen molar-refractivity contribution in [2.45, 2.75) is 38.8 Å². The number of ether oxygens (including phenoxy) is 2. The van der Waals surface area contributed by atoms with Crippen LogP contribution in [-0.4, -0.2) is 43.1 Å². The number of esters is 1. The van der Waals surface area contributed by atoms with Crippen LogP contribution in [0, 0.1) is 5.92 Å². The van der Waals surface area contributed by atoms with E-state index in [-0.39, 0.29) is 5.54 Å². The molecule has 0 atom stereocenters. The summed E-state index contributed by atoms with van der Waals surface area (Å²) in [5.74, 6) is 0.997. The van der Waals surface area contributed by atoms with E-state index in [0.717, 1.165) is 23.8 Å². The van der Waals surface area contributed by atoms with E-state index in [1.807, 2.05) is 13.3 Å². The average molecular weight is 432 g/mol.